The normalized spacial score (nSPS) is 10.2. The summed E-state index contributed by atoms with van der Waals surface area (Å²) in [6, 6.07) is 24.0. The smallest absolute Gasteiger partial charge is 0.255 e. The number of carbonyl (C=O) groups excluding carboxylic acids is 1. The number of hydrogen-bond acceptors (Lipinski definition) is 4. The molecule has 0 bridgehead atoms. The Bertz CT molecular complexity index is 894. The third-order valence-corrected chi connectivity index (χ3v) is 4.05. The van der Waals surface area contributed by atoms with E-state index in [1.807, 2.05) is 60.7 Å². The van der Waals surface area contributed by atoms with E-state index in [0.29, 0.717) is 36.8 Å². The SMILES string of the molecule is CCCOc1ccc(NC(=O)c2cccc(OCCOc3ccccc3)c2)cc1. The van der Waals surface area contributed by atoms with Gasteiger partial charge in [-0.2, -0.15) is 0 Å². The fourth-order valence-electron chi connectivity index (χ4n) is 2.62. The number of para-hydroxylation sites is 1. The first-order chi connectivity index (χ1) is 14.2. The van der Waals surface area contributed by atoms with E-state index in [1.165, 1.54) is 0 Å². The second kappa shape index (κ2) is 10.8. The molecule has 0 radical (unpaired) electrons. The summed E-state index contributed by atoms with van der Waals surface area (Å²) in [5, 5.41) is 2.88. The van der Waals surface area contributed by atoms with Crippen molar-refractivity contribution in [3.63, 3.8) is 0 Å². The zero-order valence-electron chi connectivity index (χ0n) is 16.5. The maximum atomic E-state index is 12.5. The lowest BCUT2D eigenvalue weighted by molar-refractivity contribution is 0.102. The monoisotopic (exact) mass is 391 g/mol. The Kier molecular flexibility index (Phi) is 7.52. The van der Waals surface area contributed by atoms with Crippen LogP contribution in [-0.4, -0.2) is 25.7 Å². The summed E-state index contributed by atoms with van der Waals surface area (Å²) in [6.07, 6.45) is 0.954. The van der Waals surface area contributed by atoms with Crippen LogP contribution in [-0.2, 0) is 0 Å². The molecule has 0 saturated heterocycles. The summed E-state index contributed by atoms with van der Waals surface area (Å²) >= 11 is 0. The van der Waals surface area contributed by atoms with Crippen LogP contribution in [0.25, 0.3) is 0 Å². The van der Waals surface area contributed by atoms with Crippen LogP contribution in [0.3, 0.4) is 0 Å². The zero-order valence-corrected chi connectivity index (χ0v) is 16.5. The number of benzene rings is 3. The highest BCUT2D eigenvalue weighted by Gasteiger charge is 2.08. The van der Waals surface area contributed by atoms with Gasteiger partial charge >= 0.3 is 0 Å². The average molecular weight is 391 g/mol. The summed E-state index contributed by atoms with van der Waals surface area (Å²) < 4.78 is 16.9. The molecule has 3 aromatic rings. The topological polar surface area (TPSA) is 56.8 Å². The average Bonchev–Trinajstić information content (AvgIpc) is 2.77. The minimum absolute atomic E-state index is 0.196. The van der Waals surface area contributed by atoms with Crippen molar-refractivity contribution in [3.8, 4) is 17.2 Å². The maximum absolute atomic E-state index is 12.5. The molecule has 1 N–H and O–H groups in total. The van der Waals surface area contributed by atoms with Crippen molar-refractivity contribution in [2.75, 3.05) is 25.1 Å². The van der Waals surface area contributed by atoms with E-state index >= 15 is 0 Å². The Morgan fingerprint density at radius 2 is 1.34 bits per heavy atom. The first-order valence-corrected chi connectivity index (χ1v) is 9.69. The molecule has 0 spiro atoms. The number of anilines is 1. The number of ether oxygens (including phenoxy) is 3. The molecule has 3 rings (SSSR count). The predicted molar refractivity (Wildman–Crippen MR) is 114 cm³/mol. The molecule has 0 aliphatic heterocycles. The third-order valence-electron chi connectivity index (χ3n) is 4.05. The molecule has 0 unspecified atom stereocenters. The van der Waals surface area contributed by atoms with E-state index in [4.69, 9.17) is 14.2 Å². The van der Waals surface area contributed by atoms with E-state index in [0.717, 1.165) is 17.9 Å². The van der Waals surface area contributed by atoms with Crippen LogP contribution in [0.5, 0.6) is 17.2 Å². The molecule has 0 aliphatic carbocycles. The van der Waals surface area contributed by atoms with Crippen molar-refractivity contribution in [1.82, 2.24) is 0 Å². The van der Waals surface area contributed by atoms with Crippen molar-refractivity contribution in [2.45, 2.75) is 13.3 Å². The van der Waals surface area contributed by atoms with Gasteiger partial charge in [0.1, 0.15) is 30.5 Å². The Labute approximate surface area is 171 Å². The summed E-state index contributed by atoms with van der Waals surface area (Å²) in [5.74, 6) is 2.02. The number of amides is 1. The molecular formula is C24H25NO4. The van der Waals surface area contributed by atoms with Gasteiger partial charge in [0.15, 0.2) is 0 Å². The number of nitrogens with one attached hydrogen (secondary N) is 1. The molecule has 0 heterocycles. The number of hydrogen-bond donors (Lipinski definition) is 1. The van der Waals surface area contributed by atoms with Gasteiger partial charge in [-0.1, -0.05) is 31.2 Å². The molecule has 0 saturated carbocycles. The van der Waals surface area contributed by atoms with Gasteiger partial charge in [-0.15, -0.1) is 0 Å². The largest absolute Gasteiger partial charge is 0.494 e. The summed E-state index contributed by atoms with van der Waals surface area (Å²) in [6.45, 7) is 3.55. The standard InChI is InChI=1S/C24H25NO4/c1-2-15-27-22-13-11-20(12-14-22)25-24(26)19-7-6-10-23(18-19)29-17-16-28-21-8-4-3-5-9-21/h3-14,18H,2,15-17H2,1H3,(H,25,26). The van der Waals surface area contributed by atoms with E-state index in [2.05, 4.69) is 12.2 Å². The van der Waals surface area contributed by atoms with Crippen LogP contribution in [0.1, 0.15) is 23.7 Å². The number of rotatable bonds is 10. The Balaban J connectivity index is 1.49. The third kappa shape index (κ3) is 6.57. The quantitative estimate of drug-likeness (QED) is 0.484. The molecular weight excluding hydrogens is 366 g/mol. The second-order valence-corrected chi connectivity index (χ2v) is 6.36. The lowest BCUT2D eigenvalue weighted by Crippen LogP contribution is -2.13. The second-order valence-electron chi connectivity index (χ2n) is 6.36. The molecule has 29 heavy (non-hydrogen) atoms. The van der Waals surface area contributed by atoms with Gasteiger partial charge in [-0.3, -0.25) is 4.79 Å². The first-order valence-electron chi connectivity index (χ1n) is 9.69. The van der Waals surface area contributed by atoms with Gasteiger partial charge in [-0.05, 0) is 61.0 Å². The molecule has 3 aromatic carbocycles. The lowest BCUT2D eigenvalue weighted by Gasteiger charge is -2.10. The minimum atomic E-state index is -0.196. The molecule has 0 aliphatic rings. The van der Waals surface area contributed by atoms with Gasteiger partial charge in [0.2, 0.25) is 0 Å². The van der Waals surface area contributed by atoms with Gasteiger partial charge < -0.3 is 19.5 Å². The van der Waals surface area contributed by atoms with Crippen molar-refractivity contribution in [1.29, 1.82) is 0 Å². The van der Waals surface area contributed by atoms with Gasteiger partial charge in [-0.25, -0.2) is 0 Å². The van der Waals surface area contributed by atoms with Crippen LogP contribution in [0.4, 0.5) is 5.69 Å². The highest BCUT2D eigenvalue weighted by molar-refractivity contribution is 6.04. The summed E-state index contributed by atoms with van der Waals surface area (Å²) in [5.41, 5.74) is 1.24. The molecule has 5 nitrogen and oxygen atoms in total. The molecule has 0 atom stereocenters. The van der Waals surface area contributed by atoms with Gasteiger partial charge in [0.25, 0.3) is 5.91 Å². The minimum Gasteiger partial charge on any atom is -0.494 e. The lowest BCUT2D eigenvalue weighted by atomic mass is 10.2. The fraction of sp³-hybridized carbons (Fsp3) is 0.208. The maximum Gasteiger partial charge on any atom is 0.255 e. The zero-order chi connectivity index (χ0) is 20.3. The molecule has 0 fully saturated rings. The van der Waals surface area contributed by atoms with E-state index < -0.39 is 0 Å². The Morgan fingerprint density at radius 3 is 2.07 bits per heavy atom. The molecule has 1 amide bonds. The van der Waals surface area contributed by atoms with Crippen molar-refractivity contribution in [2.24, 2.45) is 0 Å². The summed E-state index contributed by atoms with van der Waals surface area (Å²) in [4.78, 5) is 12.5. The highest BCUT2D eigenvalue weighted by atomic mass is 16.5. The van der Waals surface area contributed by atoms with E-state index in [9.17, 15) is 4.79 Å². The summed E-state index contributed by atoms with van der Waals surface area (Å²) in [7, 11) is 0. The van der Waals surface area contributed by atoms with Crippen LogP contribution >= 0.6 is 0 Å². The Hall–Kier alpha value is -3.47. The Morgan fingerprint density at radius 1 is 0.724 bits per heavy atom. The predicted octanol–water partition coefficient (Wildman–Crippen LogP) is 5.19. The van der Waals surface area contributed by atoms with Crippen LogP contribution < -0.4 is 19.5 Å². The molecule has 0 aromatic heterocycles. The van der Waals surface area contributed by atoms with Gasteiger partial charge in [0.05, 0.1) is 6.61 Å². The van der Waals surface area contributed by atoms with Crippen LogP contribution in [0.15, 0.2) is 78.9 Å². The molecule has 150 valence electrons. The number of carbonyl (C=O) groups is 1. The van der Waals surface area contributed by atoms with Gasteiger partial charge in [0, 0.05) is 11.3 Å². The van der Waals surface area contributed by atoms with Crippen LogP contribution in [0, 0.1) is 0 Å². The van der Waals surface area contributed by atoms with E-state index in [-0.39, 0.29) is 5.91 Å². The fourth-order valence-corrected chi connectivity index (χ4v) is 2.62. The van der Waals surface area contributed by atoms with Crippen LogP contribution in [0.2, 0.25) is 0 Å². The van der Waals surface area contributed by atoms with E-state index in [1.54, 1.807) is 18.2 Å². The first kappa shape index (κ1) is 20.3. The molecule has 5 heteroatoms. The highest BCUT2D eigenvalue weighted by Crippen LogP contribution is 2.18. The van der Waals surface area contributed by atoms with Crippen molar-refractivity contribution in [3.05, 3.63) is 84.4 Å². The van der Waals surface area contributed by atoms with Crippen molar-refractivity contribution < 1.29 is 19.0 Å². The van der Waals surface area contributed by atoms with Crippen molar-refractivity contribution >= 4 is 11.6 Å².